The highest BCUT2D eigenvalue weighted by Gasteiger charge is 2.13. The molecule has 0 spiro atoms. The average Bonchev–Trinajstić information content (AvgIpc) is 2.68. The standard InChI is InChI=1S/C13H23NOS/c1-10(2)7-12(9-15)14-11(3)8-13-5-4-6-16-13/h4-6,10-12,14-15H,7-9H2,1-3H3. The summed E-state index contributed by atoms with van der Waals surface area (Å²) in [7, 11) is 0. The van der Waals surface area contributed by atoms with E-state index in [0.29, 0.717) is 12.0 Å². The third-order valence-electron chi connectivity index (χ3n) is 2.58. The molecule has 0 radical (unpaired) electrons. The lowest BCUT2D eigenvalue weighted by Gasteiger charge is -2.22. The molecule has 2 unspecified atom stereocenters. The van der Waals surface area contributed by atoms with E-state index in [2.05, 4.69) is 43.6 Å². The van der Waals surface area contributed by atoms with Crippen LogP contribution in [0.15, 0.2) is 17.5 Å². The smallest absolute Gasteiger partial charge is 0.0584 e. The van der Waals surface area contributed by atoms with Gasteiger partial charge in [0.15, 0.2) is 0 Å². The summed E-state index contributed by atoms with van der Waals surface area (Å²) < 4.78 is 0. The molecule has 0 saturated carbocycles. The van der Waals surface area contributed by atoms with Gasteiger partial charge in [-0.1, -0.05) is 19.9 Å². The number of thiophene rings is 1. The van der Waals surface area contributed by atoms with E-state index in [1.807, 2.05) is 0 Å². The van der Waals surface area contributed by atoms with E-state index in [1.165, 1.54) is 4.88 Å². The molecule has 2 nitrogen and oxygen atoms in total. The Morgan fingerprint density at radius 3 is 2.62 bits per heavy atom. The summed E-state index contributed by atoms with van der Waals surface area (Å²) in [6.45, 7) is 6.79. The van der Waals surface area contributed by atoms with Gasteiger partial charge in [0.25, 0.3) is 0 Å². The van der Waals surface area contributed by atoms with Gasteiger partial charge in [0.1, 0.15) is 0 Å². The summed E-state index contributed by atoms with van der Waals surface area (Å²) in [4.78, 5) is 1.40. The van der Waals surface area contributed by atoms with Gasteiger partial charge in [-0.25, -0.2) is 0 Å². The number of hydrogen-bond donors (Lipinski definition) is 2. The monoisotopic (exact) mass is 241 g/mol. The molecule has 0 bridgehead atoms. The van der Waals surface area contributed by atoms with Crippen LogP contribution in [0.5, 0.6) is 0 Å². The zero-order valence-corrected chi connectivity index (χ0v) is 11.3. The predicted molar refractivity (Wildman–Crippen MR) is 70.9 cm³/mol. The Balaban J connectivity index is 2.34. The van der Waals surface area contributed by atoms with Gasteiger partial charge in [-0.2, -0.15) is 0 Å². The van der Waals surface area contributed by atoms with Gasteiger partial charge in [0, 0.05) is 17.0 Å². The Bertz CT molecular complexity index is 271. The zero-order chi connectivity index (χ0) is 12.0. The van der Waals surface area contributed by atoms with Gasteiger partial charge < -0.3 is 10.4 Å². The van der Waals surface area contributed by atoms with Crippen molar-refractivity contribution in [3.05, 3.63) is 22.4 Å². The Labute approximate surface area is 103 Å². The largest absolute Gasteiger partial charge is 0.395 e. The fourth-order valence-electron chi connectivity index (χ4n) is 1.96. The van der Waals surface area contributed by atoms with Crippen molar-refractivity contribution in [2.45, 2.75) is 45.7 Å². The highest BCUT2D eigenvalue weighted by Crippen LogP contribution is 2.12. The molecule has 1 aromatic heterocycles. The van der Waals surface area contributed by atoms with Crippen LogP contribution in [0.4, 0.5) is 0 Å². The van der Waals surface area contributed by atoms with Crippen molar-refractivity contribution in [1.29, 1.82) is 0 Å². The molecule has 0 aromatic carbocycles. The summed E-state index contributed by atoms with van der Waals surface area (Å²) in [5.41, 5.74) is 0. The van der Waals surface area contributed by atoms with Crippen LogP contribution in [0.1, 0.15) is 32.1 Å². The fourth-order valence-corrected chi connectivity index (χ4v) is 2.79. The van der Waals surface area contributed by atoms with Crippen LogP contribution in [0.2, 0.25) is 0 Å². The molecular formula is C13H23NOS. The second kappa shape index (κ2) is 7.05. The quantitative estimate of drug-likeness (QED) is 0.769. The third kappa shape index (κ3) is 5.10. The topological polar surface area (TPSA) is 32.3 Å². The molecule has 1 aromatic rings. The molecule has 92 valence electrons. The predicted octanol–water partition coefficient (Wildman–Crippen LogP) is 2.68. The van der Waals surface area contributed by atoms with Crippen molar-refractivity contribution in [2.24, 2.45) is 5.92 Å². The van der Waals surface area contributed by atoms with Gasteiger partial charge in [0.2, 0.25) is 0 Å². The number of hydrogen-bond acceptors (Lipinski definition) is 3. The first-order valence-electron chi connectivity index (χ1n) is 6.01. The van der Waals surface area contributed by atoms with Crippen molar-refractivity contribution in [3.8, 4) is 0 Å². The molecule has 0 fully saturated rings. The minimum atomic E-state index is 0.229. The van der Waals surface area contributed by atoms with Crippen LogP contribution < -0.4 is 5.32 Å². The second-order valence-corrected chi connectivity index (χ2v) is 5.89. The Hall–Kier alpha value is -0.380. The zero-order valence-electron chi connectivity index (χ0n) is 10.4. The molecule has 3 heteroatoms. The molecule has 0 saturated heterocycles. The van der Waals surface area contributed by atoms with Crippen LogP contribution in [-0.4, -0.2) is 23.8 Å². The van der Waals surface area contributed by atoms with Crippen LogP contribution in [0.3, 0.4) is 0 Å². The Kier molecular flexibility index (Phi) is 6.03. The molecule has 0 amide bonds. The first-order valence-corrected chi connectivity index (χ1v) is 6.89. The van der Waals surface area contributed by atoms with Crippen molar-refractivity contribution in [3.63, 3.8) is 0 Å². The van der Waals surface area contributed by atoms with Crippen LogP contribution in [0.25, 0.3) is 0 Å². The van der Waals surface area contributed by atoms with Gasteiger partial charge in [0.05, 0.1) is 6.61 Å². The highest BCUT2D eigenvalue weighted by atomic mass is 32.1. The SMILES string of the molecule is CC(C)CC(CO)NC(C)Cc1cccs1. The van der Waals surface area contributed by atoms with Gasteiger partial charge in [-0.3, -0.25) is 0 Å². The molecule has 0 aliphatic heterocycles. The highest BCUT2D eigenvalue weighted by molar-refractivity contribution is 7.09. The summed E-state index contributed by atoms with van der Waals surface area (Å²) >= 11 is 1.80. The number of aliphatic hydroxyl groups is 1. The summed E-state index contributed by atoms with van der Waals surface area (Å²) in [5, 5.41) is 14.9. The van der Waals surface area contributed by atoms with Gasteiger partial charge in [-0.05, 0) is 37.1 Å². The molecule has 1 heterocycles. The van der Waals surface area contributed by atoms with E-state index in [0.717, 1.165) is 12.8 Å². The van der Waals surface area contributed by atoms with Gasteiger partial charge >= 0.3 is 0 Å². The number of rotatable bonds is 7. The van der Waals surface area contributed by atoms with E-state index in [9.17, 15) is 5.11 Å². The van der Waals surface area contributed by atoms with Crippen molar-refractivity contribution in [1.82, 2.24) is 5.32 Å². The van der Waals surface area contributed by atoms with Crippen LogP contribution in [0, 0.1) is 5.92 Å². The Morgan fingerprint density at radius 1 is 1.38 bits per heavy atom. The molecular weight excluding hydrogens is 218 g/mol. The number of nitrogens with one attached hydrogen (secondary N) is 1. The lowest BCUT2D eigenvalue weighted by atomic mass is 10.0. The minimum Gasteiger partial charge on any atom is -0.395 e. The number of aliphatic hydroxyl groups excluding tert-OH is 1. The molecule has 2 N–H and O–H groups in total. The van der Waals surface area contributed by atoms with Crippen molar-refractivity contribution in [2.75, 3.05) is 6.61 Å². The van der Waals surface area contributed by atoms with Crippen molar-refractivity contribution >= 4 is 11.3 Å². The maximum Gasteiger partial charge on any atom is 0.0584 e. The first kappa shape index (κ1) is 13.7. The van der Waals surface area contributed by atoms with E-state index in [4.69, 9.17) is 0 Å². The maximum absolute atomic E-state index is 9.29. The van der Waals surface area contributed by atoms with Crippen LogP contribution in [-0.2, 0) is 6.42 Å². The maximum atomic E-state index is 9.29. The molecule has 2 atom stereocenters. The molecule has 0 aliphatic rings. The second-order valence-electron chi connectivity index (χ2n) is 4.86. The molecule has 16 heavy (non-hydrogen) atoms. The van der Waals surface area contributed by atoms with E-state index < -0.39 is 0 Å². The van der Waals surface area contributed by atoms with Gasteiger partial charge in [-0.15, -0.1) is 11.3 Å². The van der Waals surface area contributed by atoms with Crippen molar-refractivity contribution < 1.29 is 5.11 Å². The third-order valence-corrected chi connectivity index (χ3v) is 3.48. The minimum absolute atomic E-state index is 0.229. The van der Waals surface area contributed by atoms with E-state index in [-0.39, 0.29) is 12.6 Å². The lowest BCUT2D eigenvalue weighted by molar-refractivity contribution is 0.215. The lowest BCUT2D eigenvalue weighted by Crippen LogP contribution is -2.40. The fraction of sp³-hybridized carbons (Fsp3) is 0.692. The van der Waals surface area contributed by atoms with E-state index >= 15 is 0 Å². The Morgan fingerprint density at radius 2 is 2.12 bits per heavy atom. The molecule has 1 rings (SSSR count). The van der Waals surface area contributed by atoms with Crippen LogP contribution >= 0.6 is 11.3 Å². The average molecular weight is 241 g/mol. The summed E-state index contributed by atoms with van der Waals surface area (Å²) in [6.07, 6.45) is 2.08. The normalized spacial score (nSPS) is 15.3. The first-order chi connectivity index (χ1) is 7.61. The van der Waals surface area contributed by atoms with E-state index in [1.54, 1.807) is 11.3 Å². The summed E-state index contributed by atoms with van der Waals surface area (Å²) in [5.74, 6) is 0.624. The summed E-state index contributed by atoms with van der Waals surface area (Å²) in [6, 6.07) is 4.91. The molecule has 0 aliphatic carbocycles.